The molecule has 7 heteroatoms. The van der Waals surface area contributed by atoms with Crippen LogP contribution in [0.15, 0.2) is 72.8 Å². The maximum Gasteiger partial charge on any atom is 0.246 e. The largest absolute Gasteiger partial charge is 0.357 e. The summed E-state index contributed by atoms with van der Waals surface area (Å²) in [5.74, 6) is -0.635. The van der Waals surface area contributed by atoms with E-state index < -0.39 is 12.1 Å². The van der Waals surface area contributed by atoms with E-state index in [4.69, 9.17) is 0 Å². The van der Waals surface area contributed by atoms with Crippen molar-refractivity contribution in [3.63, 3.8) is 0 Å². The van der Waals surface area contributed by atoms with Gasteiger partial charge in [0, 0.05) is 45.9 Å². The molecular weight excluding hydrogens is 488 g/mol. The molecule has 7 nitrogen and oxygen atoms in total. The van der Waals surface area contributed by atoms with Crippen LogP contribution in [0.1, 0.15) is 30.9 Å². The SMILES string of the molecule is CNC(=O)C(Cc1ccccc1)N(C)C(=O)C(Cc1ccc2ccccc2c1)N(C)C(=O)C1CCNC(C)C1. The molecule has 3 aromatic carbocycles. The van der Waals surface area contributed by atoms with E-state index in [0.717, 1.165) is 41.3 Å². The van der Waals surface area contributed by atoms with Gasteiger partial charge in [0.2, 0.25) is 17.7 Å². The van der Waals surface area contributed by atoms with Crippen molar-refractivity contribution < 1.29 is 14.4 Å². The maximum absolute atomic E-state index is 14.2. The van der Waals surface area contributed by atoms with Crippen molar-refractivity contribution >= 4 is 28.5 Å². The molecule has 0 saturated carbocycles. The van der Waals surface area contributed by atoms with E-state index >= 15 is 0 Å². The molecule has 4 atom stereocenters. The third-order valence-corrected chi connectivity index (χ3v) is 7.95. The highest BCUT2D eigenvalue weighted by molar-refractivity contribution is 5.93. The molecule has 4 rings (SSSR count). The fraction of sp³-hybridized carbons (Fsp3) is 0.406. The zero-order valence-corrected chi connectivity index (χ0v) is 23.4. The third-order valence-electron chi connectivity index (χ3n) is 7.95. The molecule has 0 spiro atoms. The third kappa shape index (κ3) is 6.84. The lowest BCUT2D eigenvalue weighted by atomic mass is 9.91. The molecule has 1 saturated heterocycles. The Labute approximate surface area is 231 Å². The number of nitrogens with one attached hydrogen (secondary N) is 2. The predicted molar refractivity (Wildman–Crippen MR) is 155 cm³/mol. The standard InChI is InChI=1S/C32H40N4O3/c1-22-18-27(16-17-34-22)31(38)36(4)29(21-24-14-15-25-12-8-9-13-26(25)19-24)32(39)35(3)28(30(37)33-2)20-23-10-6-5-7-11-23/h5-15,19,22,27-29,34H,16-18,20-21H2,1-4H3,(H,33,37). The Kier molecular flexibility index (Phi) is 9.36. The number of fused-ring (bicyclic) bond motifs is 1. The smallest absolute Gasteiger partial charge is 0.246 e. The summed E-state index contributed by atoms with van der Waals surface area (Å²) in [7, 11) is 4.99. The summed E-state index contributed by atoms with van der Waals surface area (Å²) in [4.78, 5) is 44.0. The molecule has 4 unspecified atom stereocenters. The maximum atomic E-state index is 14.2. The van der Waals surface area contributed by atoms with Gasteiger partial charge in [-0.1, -0.05) is 72.8 Å². The first-order valence-electron chi connectivity index (χ1n) is 13.8. The summed E-state index contributed by atoms with van der Waals surface area (Å²) in [6.07, 6.45) is 2.23. The number of rotatable bonds is 9. The van der Waals surface area contributed by atoms with E-state index in [1.807, 2.05) is 48.5 Å². The number of likely N-dealkylation sites (N-methyl/N-ethyl adjacent to an activating group) is 3. The van der Waals surface area contributed by atoms with E-state index in [1.54, 1.807) is 26.0 Å². The molecule has 2 N–H and O–H groups in total. The van der Waals surface area contributed by atoms with Gasteiger partial charge in [0.25, 0.3) is 0 Å². The van der Waals surface area contributed by atoms with Gasteiger partial charge in [-0.3, -0.25) is 14.4 Å². The number of benzene rings is 3. The van der Waals surface area contributed by atoms with Crippen molar-refractivity contribution in [1.29, 1.82) is 0 Å². The van der Waals surface area contributed by atoms with Crippen molar-refractivity contribution in [3.05, 3.63) is 83.9 Å². The normalized spacial score (nSPS) is 18.7. The van der Waals surface area contributed by atoms with E-state index in [2.05, 4.69) is 41.8 Å². The topological polar surface area (TPSA) is 81.8 Å². The van der Waals surface area contributed by atoms with Crippen molar-refractivity contribution in [1.82, 2.24) is 20.4 Å². The summed E-state index contributed by atoms with van der Waals surface area (Å²) >= 11 is 0. The quantitative estimate of drug-likeness (QED) is 0.446. The Bertz CT molecular complexity index is 1290. The van der Waals surface area contributed by atoms with Crippen LogP contribution in [0.5, 0.6) is 0 Å². The van der Waals surface area contributed by atoms with E-state index in [1.165, 1.54) is 4.90 Å². The lowest BCUT2D eigenvalue weighted by molar-refractivity contribution is -0.149. The number of hydrogen-bond donors (Lipinski definition) is 2. The lowest BCUT2D eigenvalue weighted by Gasteiger charge is -2.37. The Morgan fingerprint density at radius 1 is 0.872 bits per heavy atom. The minimum Gasteiger partial charge on any atom is -0.357 e. The minimum absolute atomic E-state index is 0.0181. The van der Waals surface area contributed by atoms with Crippen LogP contribution in [0.25, 0.3) is 10.8 Å². The van der Waals surface area contributed by atoms with Crippen molar-refractivity contribution in [3.8, 4) is 0 Å². The number of hydrogen-bond acceptors (Lipinski definition) is 4. The second-order valence-corrected chi connectivity index (χ2v) is 10.7. The van der Waals surface area contributed by atoms with Crippen LogP contribution < -0.4 is 10.6 Å². The van der Waals surface area contributed by atoms with Crippen molar-refractivity contribution in [2.45, 2.75) is 50.7 Å². The first-order valence-corrected chi connectivity index (χ1v) is 13.8. The summed E-state index contributed by atoms with van der Waals surface area (Å²) in [6.45, 7) is 2.87. The number of carbonyl (C=O) groups excluding carboxylic acids is 3. The van der Waals surface area contributed by atoms with Gasteiger partial charge in [0.1, 0.15) is 12.1 Å². The van der Waals surface area contributed by atoms with E-state index in [-0.39, 0.29) is 29.7 Å². The average molecular weight is 529 g/mol. The number of nitrogens with zero attached hydrogens (tertiary/aromatic N) is 2. The van der Waals surface area contributed by atoms with E-state index in [9.17, 15) is 14.4 Å². The molecule has 206 valence electrons. The molecule has 1 aliphatic heterocycles. The molecule has 0 radical (unpaired) electrons. The summed E-state index contributed by atoms with van der Waals surface area (Å²) in [6, 6.07) is 22.7. The highest BCUT2D eigenvalue weighted by Crippen LogP contribution is 2.23. The average Bonchev–Trinajstić information content (AvgIpc) is 2.97. The van der Waals surface area contributed by atoms with Crippen molar-refractivity contribution in [2.24, 2.45) is 5.92 Å². The Morgan fingerprint density at radius 3 is 2.23 bits per heavy atom. The minimum atomic E-state index is -0.739. The molecule has 39 heavy (non-hydrogen) atoms. The molecule has 1 fully saturated rings. The van der Waals surface area contributed by atoms with Gasteiger partial charge in [-0.2, -0.15) is 0 Å². The second kappa shape index (κ2) is 12.9. The van der Waals surface area contributed by atoms with Gasteiger partial charge in [0.05, 0.1) is 0 Å². The Morgan fingerprint density at radius 2 is 1.54 bits per heavy atom. The van der Waals surface area contributed by atoms with Crippen LogP contribution in [0.2, 0.25) is 0 Å². The van der Waals surface area contributed by atoms with Gasteiger partial charge in [-0.05, 0) is 48.2 Å². The summed E-state index contributed by atoms with van der Waals surface area (Å²) in [5, 5.41) is 8.33. The molecular formula is C32H40N4O3. The van der Waals surface area contributed by atoms with Crippen molar-refractivity contribution in [2.75, 3.05) is 27.7 Å². The zero-order valence-electron chi connectivity index (χ0n) is 23.4. The van der Waals surface area contributed by atoms with Crippen LogP contribution in [0, 0.1) is 5.92 Å². The zero-order chi connectivity index (χ0) is 27.9. The number of piperidine rings is 1. The van der Waals surface area contributed by atoms with Gasteiger partial charge in [0.15, 0.2) is 0 Å². The van der Waals surface area contributed by atoms with Crippen LogP contribution in [0.3, 0.4) is 0 Å². The Hall–Kier alpha value is -3.71. The number of carbonyl (C=O) groups is 3. The summed E-state index contributed by atoms with van der Waals surface area (Å²) in [5.41, 5.74) is 1.93. The monoisotopic (exact) mass is 528 g/mol. The highest BCUT2D eigenvalue weighted by atomic mass is 16.2. The first-order chi connectivity index (χ1) is 18.8. The summed E-state index contributed by atoms with van der Waals surface area (Å²) < 4.78 is 0. The van der Waals surface area contributed by atoms with E-state index in [0.29, 0.717) is 12.8 Å². The fourth-order valence-corrected chi connectivity index (χ4v) is 5.57. The number of amides is 3. The molecule has 3 amide bonds. The molecule has 1 heterocycles. The van der Waals surface area contributed by atoms with Crippen LogP contribution >= 0.6 is 0 Å². The second-order valence-electron chi connectivity index (χ2n) is 10.7. The molecule has 3 aromatic rings. The van der Waals surface area contributed by atoms with Gasteiger partial charge >= 0.3 is 0 Å². The molecule has 1 aliphatic rings. The van der Waals surface area contributed by atoms with Crippen LogP contribution in [-0.2, 0) is 27.2 Å². The predicted octanol–water partition coefficient (Wildman–Crippen LogP) is 3.41. The molecule has 0 bridgehead atoms. The highest BCUT2D eigenvalue weighted by Gasteiger charge is 2.37. The van der Waals surface area contributed by atoms with Crippen LogP contribution in [0.4, 0.5) is 0 Å². The molecule has 0 aliphatic carbocycles. The van der Waals surface area contributed by atoms with Crippen LogP contribution in [-0.4, -0.2) is 73.3 Å². The lowest BCUT2D eigenvalue weighted by Crippen LogP contribution is -2.56. The van der Waals surface area contributed by atoms with Gasteiger partial charge in [-0.15, -0.1) is 0 Å². The fourth-order valence-electron chi connectivity index (χ4n) is 5.57. The first kappa shape index (κ1) is 28.3. The van der Waals surface area contributed by atoms with Gasteiger partial charge in [-0.25, -0.2) is 0 Å². The van der Waals surface area contributed by atoms with Gasteiger partial charge < -0.3 is 20.4 Å². The Balaban J connectivity index is 1.64. The molecule has 0 aromatic heterocycles.